The number of carbonyl (C=O) groups is 1. The lowest BCUT2D eigenvalue weighted by Gasteiger charge is -2.27. The summed E-state index contributed by atoms with van der Waals surface area (Å²) in [5, 5.41) is 10.5. The van der Waals surface area contributed by atoms with Crippen molar-refractivity contribution in [2.75, 3.05) is 37.3 Å². The van der Waals surface area contributed by atoms with Crippen molar-refractivity contribution < 1.29 is 61.8 Å². The van der Waals surface area contributed by atoms with Crippen molar-refractivity contribution in [2.24, 2.45) is 0 Å². The molecule has 0 atom stereocenters. The number of hydrogen-bond acceptors (Lipinski definition) is 10. The molecule has 0 aliphatic carbocycles. The summed E-state index contributed by atoms with van der Waals surface area (Å²) in [4.78, 5) is 11.9. The standard InChI is InChI=1S/C45H53N3O13S4/c1-7-8-25-47-36-23-21-32-34(28-30(64(56,57)58)29-38(32)65(59,60)61)43(36)45(4,5)40(47)18-11-9-10-17-39-44(2,3)42-33-15-12-16-37(63(54,55)46(6)24-13-19-41(49)50)31(33)20-22-35(42)48(39)26-14-27-62(51,52)53/h9-12,15-18,20-23,28-29H,7-8,13-14,19,24-27H2,1-6H3,(H3-,49,50,51,52,53,56,57,58,59,60,61)/p+1. The molecule has 65 heavy (non-hydrogen) atoms. The van der Waals surface area contributed by atoms with E-state index in [1.807, 2.05) is 69.6 Å². The van der Waals surface area contributed by atoms with Crippen molar-refractivity contribution in [3.8, 4) is 0 Å². The zero-order valence-electron chi connectivity index (χ0n) is 36.9. The van der Waals surface area contributed by atoms with Crippen LogP contribution in [0.5, 0.6) is 0 Å². The fourth-order valence-corrected chi connectivity index (χ4v) is 12.4. The topological polar surface area (TPSA) is 244 Å². The summed E-state index contributed by atoms with van der Waals surface area (Å²) in [5.41, 5.74) is 2.80. The Labute approximate surface area is 380 Å². The van der Waals surface area contributed by atoms with Gasteiger partial charge in [-0.05, 0) is 79.4 Å². The maximum absolute atomic E-state index is 13.9. The molecule has 4 N–H and O–H groups in total. The van der Waals surface area contributed by atoms with E-state index >= 15 is 0 Å². The summed E-state index contributed by atoms with van der Waals surface area (Å²) < 4.78 is 134. The number of benzene rings is 4. The zero-order valence-corrected chi connectivity index (χ0v) is 40.2. The van der Waals surface area contributed by atoms with Crippen molar-refractivity contribution in [3.05, 3.63) is 102 Å². The van der Waals surface area contributed by atoms with Gasteiger partial charge in [-0.1, -0.05) is 63.6 Å². The summed E-state index contributed by atoms with van der Waals surface area (Å²) in [5.74, 6) is -1.51. The van der Waals surface area contributed by atoms with Gasteiger partial charge in [0.05, 0.1) is 21.0 Å². The molecular weight excluding hydrogens is 919 g/mol. The smallest absolute Gasteiger partial charge is 0.303 e. The van der Waals surface area contributed by atoms with E-state index in [2.05, 4.69) is 4.90 Å². The molecule has 6 rings (SSSR count). The third-order valence-electron chi connectivity index (χ3n) is 12.1. The largest absolute Gasteiger partial charge is 0.481 e. The number of unbranched alkanes of at least 4 members (excludes halogenated alkanes) is 1. The molecule has 0 radical (unpaired) electrons. The summed E-state index contributed by atoms with van der Waals surface area (Å²) >= 11 is 0. The molecule has 2 aliphatic rings. The Kier molecular flexibility index (Phi) is 13.8. The molecule has 0 fully saturated rings. The van der Waals surface area contributed by atoms with E-state index in [9.17, 15) is 52.1 Å². The Bertz CT molecular complexity index is 3190. The predicted molar refractivity (Wildman–Crippen MR) is 250 cm³/mol. The molecule has 0 bridgehead atoms. The van der Waals surface area contributed by atoms with Gasteiger partial charge in [0.15, 0.2) is 5.71 Å². The summed E-state index contributed by atoms with van der Waals surface area (Å²) in [6.07, 6.45) is 10.9. The van der Waals surface area contributed by atoms with E-state index < -0.39 is 72.7 Å². The number of hydrogen-bond donors (Lipinski definition) is 4. The van der Waals surface area contributed by atoms with E-state index in [0.29, 0.717) is 28.6 Å². The second-order valence-corrected chi connectivity index (χ2v) is 23.7. The second kappa shape index (κ2) is 18.1. The lowest BCUT2D eigenvalue weighted by molar-refractivity contribution is -0.437. The SMILES string of the molecule is CCCCN1/C(=C/C=C/C=C/C2=[N+](CCCS(=O)(=O)O)c3ccc4c(S(=O)(=O)N(C)CCCC(=O)O)cccc4c3C2(C)C)C(C)(C)c2c1ccc1c(S(=O)(=O)O)cc(S(=O)(=O)O)cc21. The molecule has 2 heterocycles. The third-order valence-corrected chi connectivity index (χ3v) is 16.6. The van der Waals surface area contributed by atoms with Gasteiger partial charge in [-0.2, -0.15) is 29.8 Å². The third kappa shape index (κ3) is 9.85. The van der Waals surface area contributed by atoms with Crippen LogP contribution in [0.15, 0.2) is 105 Å². The number of sulfonamides is 1. The summed E-state index contributed by atoms with van der Waals surface area (Å²) in [6.45, 7) is 10.6. The Morgan fingerprint density at radius 2 is 1.43 bits per heavy atom. The van der Waals surface area contributed by atoms with Crippen LogP contribution in [0, 0.1) is 0 Å². The maximum Gasteiger partial charge on any atom is 0.303 e. The first-order chi connectivity index (χ1) is 30.1. The molecule has 2 aliphatic heterocycles. The van der Waals surface area contributed by atoms with Gasteiger partial charge in [0.1, 0.15) is 11.4 Å². The van der Waals surface area contributed by atoms with Crippen LogP contribution >= 0.6 is 0 Å². The monoisotopic (exact) mass is 972 g/mol. The fraction of sp³-hybridized carbons (Fsp3) is 0.378. The number of nitrogens with zero attached hydrogens (tertiary/aromatic N) is 3. The molecule has 4 aromatic rings. The minimum Gasteiger partial charge on any atom is -0.481 e. The number of aliphatic carboxylic acids is 1. The molecule has 350 valence electrons. The lowest BCUT2D eigenvalue weighted by atomic mass is 9.79. The number of carboxylic acids is 1. The van der Waals surface area contributed by atoms with Gasteiger partial charge in [-0.25, -0.2) is 12.7 Å². The van der Waals surface area contributed by atoms with Crippen LogP contribution in [0.25, 0.3) is 21.5 Å². The van der Waals surface area contributed by atoms with Gasteiger partial charge in [0.25, 0.3) is 30.4 Å². The van der Waals surface area contributed by atoms with Crippen LogP contribution < -0.4 is 4.90 Å². The van der Waals surface area contributed by atoms with E-state index in [1.165, 1.54) is 25.2 Å². The Morgan fingerprint density at radius 3 is 2.06 bits per heavy atom. The van der Waals surface area contributed by atoms with Crippen molar-refractivity contribution in [1.82, 2.24) is 4.31 Å². The number of allylic oxidation sites excluding steroid dienone is 6. The van der Waals surface area contributed by atoms with Crippen LogP contribution in [-0.4, -0.2) is 105 Å². The van der Waals surface area contributed by atoms with E-state index in [0.717, 1.165) is 45.9 Å². The summed E-state index contributed by atoms with van der Waals surface area (Å²) in [6, 6.07) is 13.7. The van der Waals surface area contributed by atoms with Crippen LogP contribution in [0.4, 0.5) is 11.4 Å². The average molecular weight is 973 g/mol. The molecular formula is C45H54N3O13S4+. The van der Waals surface area contributed by atoms with E-state index in [1.54, 1.807) is 30.3 Å². The lowest BCUT2D eigenvalue weighted by Crippen LogP contribution is -2.29. The van der Waals surface area contributed by atoms with Crippen molar-refractivity contribution in [3.63, 3.8) is 0 Å². The molecule has 4 aromatic carbocycles. The van der Waals surface area contributed by atoms with E-state index in [4.69, 9.17) is 5.11 Å². The normalized spacial score (nSPS) is 17.1. The van der Waals surface area contributed by atoms with Crippen molar-refractivity contribution in [2.45, 2.75) is 92.2 Å². The molecule has 0 saturated carbocycles. The summed E-state index contributed by atoms with van der Waals surface area (Å²) in [7, 11) is -16.7. The van der Waals surface area contributed by atoms with Crippen LogP contribution in [-0.2, 0) is 56.0 Å². The first-order valence-corrected chi connectivity index (χ1v) is 26.8. The van der Waals surface area contributed by atoms with E-state index in [-0.39, 0.29) is 48.0 Å². The van der Waals surface area contributed by atoms with Gasteiger partial charge in [0.2, 0.25) is 15.7 Å². The van der Waals surface area contributed by atoms with Gasteiger partial charge >= 0.3 is 5.97 Å². The Morgan fingerprint density at radius 1 is 0.754 bits per heavy atom. The molecule has 0 amide bonds. The Balaban J connectivity index is 1.42. The van der Waals surface area contributed by atoms with Crippen LogP contribution in [0.1, 0.15) is 77.8 Å². The molecule has 0 unspecified atom stereocenters. The van der Waals surface area contributed by atoms with Gasteiger partial charge < -0.3 is 10.0 Å². The van der Waals surface area contributed by atoms with Gasteiger partial charge in [-0.15, -0.1) is 0 Å². The number of fused-ring (bicyclic) bond motifs is 6. The minimum absolute atomic E-state index is 0.00378. The first kappa shape index (κ1) is 49.6. The number of carboxylic acid groups (broad SMARTS) is 1. The van der Waals surface area contributed by atoms with Crippen LogP contribution in [0.2, 0.25) is 0 Å². The van der Waals surface area contributed by atoms with Crippen LogP contribution in [0.3, 0.4) is 0 Å². The fourth-order valence-electron chi connectivity index (χ4n) is 9.12. The zero-order chi connectivity index (χ0) is 48.1. The minimum atomic E-state index is -4.91. The van der Waals surface area contributed by atoms with Gasteiger partial charge in [0, 0.05) is 78.3 Å². The molecule has 0 spiro atoms. The van der Waals surface area contributed by atoms with Gasteiger partial charge in [-0.3, -0.25) is 18.5 Å². The molecule has 16 nitrogen and oxygen atoms in total. The highest BCUT2D eigenvalue weighted by Crippen LogP contribution is 2.52. The predicted octanol–water partition coefficient (Wildman–Crippen LogP) is 7.22. The second-order valence-electron chi connectivity index (χ2n) is 17.3. The van der Waals surface area contributed by atoms with Crippen molar-refractivity contribution >= 4 is 85.0 Å². The first-order valence-electron chi connectivity index (χ1n) is 20.9. The van der Waals surface area contributed by atoms with Crippen molar-refractivity contribution in [1.29, 1.82) is 0 Å². The molecule has 0 saturated heterocycles. The molecule has 0 aromatic heterocycles. The number of anilines is 1. The highest BCUT2D eigenvalue weighted by molar-refractivity contribution is 7.89. The Hall–Kier alpha value is -4.80. The quantitative estimate of drug-likeness (QED) is 0.0437. The molecule has 20 heteroatoms. The highest BCUT2D eigenvalue weighted by atomic mass is 32.2. The maximum atomic E-state index is 13.9. The number of rotatable bonds is 18. The highest BCUT2D eigenvalue weighted by Gasteiger charge is 2.46. The average Bonchev–Trinajstić information content (AvgIpc) is 3.55.